The number of hydrogen-bond acceptors (Lipinski definition) is 1. The summed E-state index contributed by atoms with van der Waals surface area (Å²) in [5, 5.41) is 0. The minimum Gasteiger partial charge on any atom is -0.206 e. The third-order valence-corrected chi connectivity index (χ3v) is 2.45. The molecule has 0 heterocycles. The lowest BCUT2D eigenvalue weighted by atomic mass is 10.2. The van der Waals surface area contributed by atoms with E-state index in [0.717, 1.165) is 17.7 Å². The van der Waals surface area contributed by atoms with Crippen molar-refractivity contribution in [3.05, 3.63) is 40.1 Å². The summed E-state index contributed by atoms with van der Waals surface area (Å²) in [6, 6.07) is 5.07. The first kappa shape index (κ1) is 10.8. The summed E-state index contributed by atoms with van der Waals surface area (Å²) in [5.41, 5.74) is 0.877. The molecule has 0 N–H and O–H groups in total. The molecular weight excluding hydrogens is 251 g/mol. The van der Waals surface area contributed by atoms with E-state index in [4.69, 9.17) is 0 Å². The van der Waals surface area contributed by atoms with Gasteiger partial charge in [0, 0.05) is 0 Å². The average molecular weight is 261 g/mol. The highest BCUT2D eigenvalue weighted by atomic mass is 79.9. The lowest BCUT2D eigenvalue weighted by Crippen LogP contribution is -1.79. The molecule has 0 bridgehead atoms. The van der Waals surface area contributed by atoms with E-state index in [-0.39, 0.29) is 5.82 Å². The molecule has 0 radical (unpaired) electrons. The highest BCUT2D eigenvalue weighted by Crippen LogP contribution is 2.17. The Labute approximate surface area is 91.4 Å². The SMILES string of the molecule is Fc1cc(C=CCCS)ccc1Br. The predicted molar refractivity (Wildman–Crippen MR) is 61.6 cm³/mol. The van der Waals surface area contributed by atoms with E-state index >= 15 is 0 Å². The molecule has 0 aromatic heterocycles. The number of benzene rings is 1. The lowest BCUT2D eigenvalue weighted by molar-refractivity contribution is 0.621. The number of allylic oxidation sites excluding steroid dienone is 1. The molecule has 0 spiro atoms. The molecule has 1 rings (SSSR count). The predicted octanol–water partition coefficient (Wildman–Crippen LogP) is 3.92. The van der Waals surface area contributed by atoms with Crippen LogP contribution in [0.25, 0.3) is 6.08 Å². The highest BCUT2D eigenvalue weighted by Gasteiger charge is 1.97. The zero-order valence-electron chi connectivity index (χ0n) is 7.00. The van der Waals surface area contributed by atoms with Crippen LogP contribution in [0.2, 0.25) is 0 Å². The average Bonchev–Trinajstić information content (AvgIpc) is 2.12. The molecule has 0 atom stereocenters. The van der Waals surface area contributed by atoms with Crippen molar-refractivity contribution in [2.24, 2.45) is 0 Å². The monoisotopic (exact) mass is 260 g/mol. The van der Waals surface area contributed by atoms with Crippen molar-refractivity contribution >= 4 is 34.6 Å². The summed E-state index contributed by atoms with van der Waals surface area (Å²) in [7, 11) is 0. The Bertz CT molecular complexity index is 310. The van der Waals surface area contributed by atoms with Crippen LogP contribution in [0, 0.1) is 5.82 Å². The van der Waals surface area contributed by atoms with Gasteiger partial charge in [0.05, 0.1) is 4.47 Å². The summed E-state index contributed by atoms with van der Waals surface area (Å²) in [6.07, 6.45) is 4.78. The van der Waals surface area contributed by atoms with Crippen LogP contribution < -0.4 is 0 Å². The van der Waals surface area contributed by atoms with Gasteiger partial charge in [0.2, 0.25) is 0 Å². The van der Waals surface area contributed by atoms with Gasteiger partial charge in [-0.2, -0.15) is 12.6 Å². The number of hydrogen-bond donors (Lipinski definition) is 1. The van der Waals surface area contributed by atoms with Gasteiger partial charge in [0.15, 0.2) is 0 Å². The summed E-state index contributed by atoms with van der Waals surface area (Å²) in [5.74, 6) is 0.586. The Kier molecular flexibility index (Phi) is 4.53. The maximum Gasteiger partial charge on any atom is 0.137 e. The van der Waals surface area contributed by atoms with Gasteiger partial charge in [-0.1, -0.05) is 18.2 Å². The molecule has 0 unspecified atom stereocenters. The van der Waals surface area contributed by atoms with Crippen LogP contribution in [0.15, 0.2) is 28.7 Å². The lowest BCUT2D eigenvalue weighted by Gasteiger charge is -1.96. The molecule has 0 amide bonds. The summed E-state index contributed by atoms with van der Waals surface area (Å²) in [6.45, 7) is 0. The molecule has 1 aromatic rings. The fourth-order valence-corrected chi connectivity index (χ4v) is 1.31. The van der Waals surface area contributed by atoms with Crippen molar-refractivity contribution in [1.82, 2.24) is 0 Å². The first-order chi connectivity index (χ1) is 6.24. The Morgan fingerprint density at radius 1 is 1.46 bits per heavy atom. The van der Waals surface area contributed by atoms with Crippen molar-refractivity contribution in [3.8, 4) is 0 Å². The smallest absolute Gasteiger partial charge is 0.137 e. The maximum atomic E-state index is 13.0. The zero-order valence-corrected chi connectivity index (χ0v) is 9.48. The quantitative estimate of drug-likeness (QED) is 0.783. The maximum absolute atomic E-state index is 13.0. The third kappa shape index (κ3) is 3.53. The second-order valence-electron chi connectivity index (χ2n) is 2.59. The summed E-state index contributed by atoms with van der Waals surface area (Å²) < 4.78 is 13.5. The molecule has 0 nitrogen and oxygen atoms in total. The second-order valence-corrected chi connectivity index (χ2v) is 3.89. The minimum absolute atomic E-state index is 0.229. The van der Waals surface area contributed by atoms with Crippen LogP contribution in [-0.4, -0.2) is 5.75 Å². The second kappa shape index (κ2) is 5.45. The minimum atomic E-state index is -0.229. The molecule has 1 aromatic carbocycles. The largest absolute Gasteiger partial charge is 0.206 e. The summed E-state index contributed by atoms with van der Waals surface area (Å²) >= 11 is 7.17. The van der Waals surface area contributed by atoms with Crippen LogP contribution in [0.4, 0.5) is 4.39 Å². The van der Waals surface area contributed by atoms with E-state index in [1.54, 1.807) is 6.07 Å². The molecule has 0 aliphatic carbocycles. The van der Waals surface area contributed by atoms with Gasteiger partial charge in [-0.05, 0) is 45.8 Å². The molecule has 3 heteroatoms. The molecular formula is C10H10BrFS. The van der Waals surface area contributed by atoms with Crippen LogP contribution in [0.5, 0.6) is 0 Å². The van der Waals surface area contributed by atoms with Gasteiger partial charge in [-0.3, -0.25) is 0 Å². The normalized spacial score (nSPS) is 11.0. The van der Waals surface area contributed by atoms with Crippen molar-refractivity contribution < 1.29 is 4.39 Å². The van der Waals surface area contributed by atoms with E-state index in [9.17, 15) is 4.39 Å². The standard InChI is InChI=1S/C10H10BrFS/c11-9-5-4-8(7-10(9)12)3-1-2-6-13/h1,3-5,7,13H,2,6H2. The van der Waals surface area contributed by atoms with E-state index in [0.29, 0.717) is 4.47 Å². The van der Waals surface area contributed by atoms with Gasteiger partial charge >= 0.3 is 0 Å². The fraction of sp³-hybridized carbons (Fsp3) is 0.200. The Morgan fingerprint density at radius 3 is 2.85 bits per heavy atom. The molecule has 0 saturated heterocycles. The van der Waals surface area contributed by atoms with Gasteiger partial charge in [0.1, 0.15) is 5.82 Å². The van der Waals surface area contributed by atoms with E-state index in [2.05, 4.69) is 28.6 Å². The van der Waals surface area contributed by atoms with Crippen molar-refractivity contribution in [2.45, 2.75) is 6.42 Å². The molecule has 0 fully saturated rings. The Balaban J connectivity index is 2.73. The van der Waals surface area contributed by atoms with Gasteiger partial charge in [-0.15, -0.1) is 0 Å². The van der Waals surface area contributed by atoms with Crippen LogP contribution in [0.3, 0.4) is 0 Å². The van der Waals surface area contributed by atoms with E-state index in [1.165, 1.54) is 6.07 Å². The number of halogens is 2. The summed E-state index contributed by atoms with van der Waals surface area (Å²) in [4.78, 5) is 0. The van der Waals surface area contributed by atoms with Crippen LogP contribution in [0.1, 0.15) is 12.0 Å². The van der Waals surface area contributed by atoms with Gasteiger partial charge < -0.3 is 0 Å². The molecule has 13 heavy (non-hydrogen) atoms. The molecule has 0 aliphatic heterocycles. The van der Waals surface area contributed by atoms with Crippen molar-refractivity contribution in [3.63, 3.8) is 0 Å². The van der Waals surface area contributed by atoms with Gasteiger partial charge in [0.25, 0.3) is 0 Å². The van der Waals surface area contributed by atoms with E-state index < -0.39 is 0 Å². The zero-order chi connectivity index (χ0) is 9.68. The van der Waals surface area contributed by atoms with Gasteiger partial charge in [-0.25, -0.2) is 4.39 Å². The fourth-order valence-electron chi connectivity index (χ4n) is 0.910. The van der Waals surface area contributed by atoms with Crippen molar-refractivity contribution in [2.75, 3.05) is 5.75 Å². The highest BCUT2D eigenvalue weighted by molar-refractivity contribution is 9.10. The first-order valence-electron chi connectivity index (χ1n) is 3.96. The van der Waals surface area contributed by atoms with Crippen LogP contribution >= 0.6 is 28.6 Å². The molecule has 70 valence electrons. The Hall–Kier alpha value is -0.280. The first-order valence-corrected chi connectivity index (χ1v) is 5.39. The third-order valence-electron chi connectivity index (χ3n) is 1.55. The van der Waals surface area contributed by atoms with E-state index in [1.807, 2.05) is 18.2 Å². The van der Waals surface area contributed by atoms with Crippen molar-refractivity contribution in [1.29, 1.82) is 0 Å². The number of thiol groups is 1. The Morgan fingerprint density at radius 2 is 2.23 bits per heavy atom. The van der Waals surface area contributed by atoms with Crippen LogP contribution in [-0.2, 0) is 0 Å². The molecule has 0 saturated carbocycles. The topological polar surface area (TPSA) is 0 Å². The number of rotatable bonds is 3. The molecule has 0 aliphatic rings.